The highest BCUT2D eigenvalue weighted by Gasteiger charge is 2.07. The monoisotopic (exact) mass is 273 g/mol. The van der Waals surface area contributed by atoms with Gasteiger partial charge in [0, 0.05) is 18.8 Å². The van der Waals surface area contributed by atoms with E-state index in [1.807, 2.05) is 37.3 Å². The number of hydrogen-bond donors (Lipinski definition) is 1. The number of aryl methyl sites for hydroxylation is 1. The molecule has 108 valence electrons. The number of para-hydroxylation sites is 1. The molecule has 0 aliphatic heterocycles. The quantitative estimate of drug-likeness (QED) is 0.783. The minimum absolute atomic E-state index is 0.416. The molecule has 0 unspecified atom stereocenters. The maximum Gasteiger partial charge on any atom is 0.203 e. The zero-order chi connectivity index (χ0) is 14.4. The molecule has 0 aliphatic rings. The summed E-state index contributed by atoms with van der Waals surface area (Å²) in [6, 6.07) is 10.3. The van der Waals surface area contributed by atoms with Crippen LogP contribution in [0.5, 0.6) is 5.75 Å². The SMILES string of the molecule is Cc1cn(C(C)C)c(NCCCOc2ccccc2)n1. The Labute approximate surface area is 120 Å². The van der Waals surface area contributed by atoms with Gasteiger partial charge in [0.2, 0.25) is 5.95 Å². The predicted octanol–water partition coefficient (Wildman–Crippen LogP) is 3.65. The lowest BCUT2D eigenvalue weighted by Gasteiger charge is -2.12. The van der Waals surface area contributed by atoms with E-state index in [1.54, 1.807) is 0 Å². The topological polar surface area (TPSA) is 39.1 Å². The van der Waals surface area contributed by atoms with Crippen LogP contribution in [0.3, 0.4) is 0 Å². The van der Waals surface area contributed by atoms with Gasteiger partial charge >= 0.3 is 0 Å². The molecule has 1 N–H and O–H groups in total. The zero-order valence-corrected chi connectivity index (χ0v) is 12.5. The average Bonchev–Trinajstić information content (AvgIpc) is 2.81. The Morgan fingerprint density at radius 1 is 1.25 bits per heavy atom. The van der Waals surface area contributed by atoms with E-state index in [4.69, 9.17) is 4.74 Å². The molecule has 0 saturated carbocycles. The highest BCUT2D eigenvalue weighted by Crippen LogP contribution is 2.15. The number of rotatable bonds is 7. The first kappa shape index (κ1) is 14.4. The average molecular weight is 273 g/mol. The second-order valence-corrected chi connectivity index (χ2v) is 5.15. The number of hydrogen-bond acceptors (Lipinski definition) is 3. The van der Waals surface area contributed by atoms with Gasteiger partial charge < -0.3 is 14.6 Å². The Morgan fingerprint density at radius 3 is 2.70 bits per heavy atom. The summed E-state index contributed by atoms with van der Waals surface area (Å²) in [7, 11) is 0. The van der Waals surface area contributed by atoms with Crippen LogP contribution in [0.2, 0.25) is 0 Å². The summed E-state index contributed by atoms with van der Waals surface area (Å²) in [4.78, 5) is 4.50. The Morgan fingerprint density at radius 2 is 2.00 bits per heavy atom. The van der Waals surface area contributed by atoms with E-state index in [2.05, 4.69) is 34.9 Å². The van der Waals surface area contributed by atoms with E-state index in [9.17, 15) is 0 Å². The molecule has 4 nitrogen and oxygen atoms in total. The molecule has 20 heavy (non-hydrogen) atoms. The van der Waals surface area contributed by atoms with Crippen molar-refractivity contribution in [2.24, 2.45) is 0 Å². The molecule has 4 heteroatoms. The smallest absolute Gasteiger partial charge is 0.203 e. The van der Waals surface area contributed by atoms with Crippen molar-refractivity contribution in [3.8, 4) is 5.75 Å². The van der Waals surface area contributed by atoms with Crippen molar-refractivity contribution >= 4 is 5.95 Å². The molecular formula is C16H23N3O. The molecule has 0 bridgehead atoms. The Kier molecular flexibility index (Phi) is 5.04. The molecule has 0 amide bonds. The van der Waals surface area contributed by atoms with Gasteiger partial charge in [0.1, 0.15) is 5.75 Å². The molecule has 0 fully saturated rings. The van der Waals surface area contributed by atoms with Gasteiger partial charge in [-0.25, -0.2) is 4.98 Å². The van der Waals surface area contributed by atoms with Crippen LogP contribution in [0.25, 0.3) is 0 Å². The van der Waals surface area contributed by atoms with Crippen LogP contribution < -0.4 is 10.1 Å². The van der Waals surface area contributed by atoms with Crippen molar-refractivity contribution in [3.05, 3.63) is 42.2 Å². The zero-order valence-electron chi connectivity index (χ0n) is 12.5. The number of imidazole rings is 1. The molecule has 2 rings (SSSR count). The van der Waals surface area contributed by atoms with Crippen molar-refractivity contribution in [1.82, 2.24) is 9.55 Å². The van der Waals surface area contributed by atoms with Gasteiger partial charge in [-0.05, 0) is 39.3 Å². The van der Waals surface area contributed by atoms with Gasteiger partial charge in [0.15, 0.2) is 0 Å². The molecule has 0 saturated heterocycles. The van der Waals surface area contributed by atoms with E-state index in [1.165, 1.54) is 0 Å². The van der Waals surface area contributed by atoms with Crippen LogP contribution in [0.15, 0.2) is 36.5 Å². The molecular weight excluding hydrogens is 250 g/mol. The Bertz CT molecular complexity index is 520. The molecule has 1 aromatic heterocycles. The third-order valence-electron chi connectivity index (χ3n) is 3.03. The van der Waals surface area contributed by atoms with E-state index in [0.717, 1.165) is 30.4 Å². The number of nitrogens with one attached hydrogen (secondary N) is 1. The largest absolute Gasteiger partial charge is 0.494 e. The first-order chi connectivity index (χ1) is 9.66. The van der Waals surface area contributed by atoms with Crippen LogP contribution in [0.4, 0.5) is 5.95 Å². The maximum atomic E-state index is 5.66. The van der Waals surface area contributed by atoms with E-state index in [-0.39, 0.29) is 0 Å². The molecule has 1 heterocycles. The first-order valence-electron chi connectivity index (χ1n) is 7.14. The first-order valence-corrected chi connectivity index (χ1v) is 7.14. The molecule has 1 aromatic carbocycles. The minimum atomic E-state index is 0.416. The summed E-state index contributed by atoms with van der Waals surface area (Å²) >= 11 is 0. The standard InChI is InChI=1S/C16H23N3O/c1-13(2)19-12-14(3)18-16(19)17-10-7-11-20-15-8-5-4-6-9-15/h4-6,8-9,12-13H,7,10-11H2,1-3H3,(H,17,18). The van der Waals surface area contributed by atoms with Crippen LogP contribution in [-0.4, -0.2) is 22.7 Å². The van der Waals surface area contributed by atoms with E-state index in [0.29, 0.717) is 12.6 Å². The third-order valence-corrected chi connectivity index (χ3v) is 3.03. The Balaban J connectivity index is 1.73. The lowest BCUT2D eigenvalue weighted by molar-refractivity contribution is 0.315. The minimum Gasteiger partial charge on any atom is -0.494 e. The van der Waals surface area contributed by atoms with Crippen molar-refractivity contribution in [2.45, 2.75) is 33.2 Å². The van der Waals surface area contributed by atoms with Crippen LogP contribution in [0.1, 0.15) is 32.0 Å². The molecule has 0 aliphatic carbocycles. The predicted molar refractivity (Wildman–Crippen MR) is 82.4 cm³/mol. The fourth-order valence-corrected chi connectivity index (χ4v) is 2.02. The summed E-state index contributed by atoms with van der Waals surface area (Å²) in [5, 5.41) is 3.37. The lowest BCUT2D eigenvalue weighted by atomic mass is 10.3. The van der Waals surface area contributed by atoms with Crippen LogP contribution in [0, 0.1) is 6.92 Å². The highest BCUT2D eigenvalue weighted by molar-refractivity contribution is 5.29. The van der Waals surface area contributed by atoms with Crippen molar-refractivity contribution in [3.63, 3.8) is 0 Å². The number of anilines is 1. The second kappa shape index (κ2) is 6.98. The number of nitrogens with zero attached hydrogens (tertiary/aromatic N) is 2. The van der Waals surface area contributed by atoms with E-state index >= 15 is 0 Å². The number of aromatic nitrogens is 2. The van der Waals surface area contributed by atoms with Gasteiger partial charge in [-0.2, -0.15) is 0 Å². The van der Waals surface area contributed by atoms with Crippen molar-refractivity contribution in [2.75, 3.05) is 18.5 Å². The van der Waals surface area contributed by atoms with Gasteiger partial charge in [0.25, 0.3) is 0 Å². The lowest BCUT2D eigenvalue weighted by Crippen LogP contribution is -2.12. The molecule has 2 aromatic rings. The fourth-order valence-electron chi connectivity index (χ4n) is 2.02. The fraction of sp³-hybridized carbons (Fsp3) is 0.438. The van der Waals surface area contributed by atoms with Crippen molar-refractivity contribution in [1.29, 1.82) is 0 Å². The Hall–Kier alpha value is -1.97. The summed E-state index contributed by atoms with van der Waals surface area (Å²) in [6.45, 7) is 7.90. The summed E-state index contributed by atoms with van der Waals surface area (Å²) in [5.74, 6) is 1.87. The second-order valence-electron chi connectivity index (χ2n) is 5.15. The summed E-state index contributed by atoms with van der Waals surface area (Å²) < 4.78 is 7.82. The normalized spacial score (nSPS) is 10.8. The summed E-state index contributed by atoms with van der Waals surface area (Å²) in [6.07, 6.45) is 3.02. The van der Waals surface area contributed by atoms with Gasteiger partial charge in [0.05, 0.1) is 12.3 Å². The van der Waals surface area contributed by atoms with Gasteiger partial charge in [-0.3, -0.25) is 0 Å². The highest BCUT2D eigenvalue weighted by atomic mass is 16.5. The van der Waals surface area contributed by atoms with Crippen LogP contribution in [-0.2, 0) is 0 Å². The van der Waals surface area contributed by atoms with Crippen molar-refractivity contribution < 1.29 is 4.74 Å². The molecule has 0 spiro atoms. The van der Waals surface area contributed by atoms with E-state index < -0.39 is 0 Å². The summed E-state index contributed by atoms with van der Waals surface area (Å²) in [5.41, 5.74) is 1.04. The number of ether oxygens (including phenoxy) is 1. The van der Waals surface area contributed by atoms with Crippen LogP contribution >= 0.6 is 0 Å². The molecule has 0 atom stereocenters. The maximum absolute atomic E-state index is 5.66. The van der Waals surface area contributed by atoms with Gasteiger partial charge in [-0.1, -0.05) is 18.2 Å². The molecule has 0 radical (unpaired) electrons. The van der Waals surface area contributed by atoms with Gasteiger partial charge in [-0.15, -0.1) is 0 Å². The third kappa shape index (κ3) is 4.02. The number of benzene rings is 1.